The number of aryl methyl sites for hydroxylation is 1. The predicted octanol–water partition coefficient (Wildman–Crippen LogP) is 3.12. The van der Waals surface area contributed by atoms with E-state index >= 15 is 0 Å². The van der Waals surface area contributed by atoms with Crippen LogP contribution >= 0.6 is 0 Å². The maximum atomic E-state index is 13.8. The fourth-order valence-electron chi connectivity index (χ4n) is 3.42. The number of nitrogens with zero attached hydrogens (tertiary/aromatic N) is 2. The molecule has 3 rings (SSSR count). The number of ether oxygens (including phenoxy) is 2. The van der Waals surface area contributed by atoms with Crippen LogP contribution in [0.15, 0.2) is 42.5 Å². The summed E-state index contributed by atoms with van der Waals surface area (Å²) in [5, 5.41) is 0. The molecule has 1 amide bonds. The number of carbonyl (C=O) groups is 1. The summed E-state index contributed by atoms with van der Waals surface area (Å²) in [7, 11) is 3.10. The number of rotatable bonds is 7. The number of benzene rings is 2. The quantitative estimate of drug-likeness (QED) is 0.733. The molecule has 28 heavy (non-hydrogen) atoms. The Balaban J connectivity index is 1.43. The molecule has 0 atom stereocenters. The van der Waals surface area contributed by atoms with Crippen molar-refractivity contribution >= 4 is 5.91 Å². The molecule has 0 spiro atoms. The summed E-state index contributed by atoms with van der Waals surface area (Å²) in [5.74, 6) is 0.928. The number of methoxy groups -OCH3 is 2. The molecule has 1 aliphatic heterocycles. The first-order valence-corrected chi connectivity index (χ1v) is 9.54. The van der Waals surface area contributed by atoms with Crippen molar-refractivity contribution in [3.05, 3.63) is 59.4 Å². The van der Waals surface area contributed by atoms with E-state index in [1.54, 1.807) is 13.2 Å². The van der Waals surface area contributed by atoms with E-state index in [0.29, 0.717) is 26.1 Å². The molecule has 1 aliphatic rings. The Hall–Kier alpha value is -2.60. The minimum Gasteiger partial charge on any atom is -0.497 e. The summed E-state index contributed by atoms with van der Waals surface area (Å²) in [5.41, 5.74) is 2.05. The van der Waals surface area contributed by atoms with Crippen LogP contribution < -0.4 is 9.47 Å². The highest BCUT2D eigenvalue weighted by atomic mass is 19.1. The van der Waals surface area contributed by atoms with E-state index in [2.05, 4.69) is 4.90 Å². The van der Waals surface area contributed by atoms with Gasteiger partial charge in [-0.05, 0) is 41.8 Å². The van der Waals surface area contributed by atoms with Gasteiger partial charge in [0.05, 0.1) is 14.2 Å². The number of piperazine rings is 1. The predicted molar refractivity (Wildman–Crippen MR) is 106 cm³/mol. The molecule has 0 saturated carbocycles. The number of amides is 1. The van der Waals surface area contributed by atoms with Gasteiger partial charge in [0.25, 0.3) is 0 Å². The average molecular weight is 386 g/mol. The van der Waals surface area contributed by atoms with Crippen LogP contribution in [0.25, 0.3) is 0 Å². The Labute approximate surface area is 165 Å². The summed E-state index contributed by atoms with van der Waals surface area (Å²) >= 11 is 0. The summed E-state index contributed by atoms with van der Waals surface area (Å²) in [6.45, 7) is 3.68. The van der Waals surface area contributed by atoms with E-state index in [1.165, 1.54) is 13.2 Å². The van der Waals surface area contributed by atoms with Gasteiger partial charge in [0.2, 0.25) is 5.91 Å². The Bertz CT molecular complexity index is 787. The van der Waals surface area contributed by atoms with Gasteiger partial charge in [-0.25, -0.2) is 4.39 Å². The zero-order chi connectivity index (χ0) is 19.9. The molecule has 1 heterocycles. The topological polar surface area (TPSA) is 42.0 Å². The Morgan fingerprint density at radius 3 is 2.25 bits per heavy atom. The number of hydrogen-bond acceptors (Lipinski definition) is 4. The van der Waals surface area contributed by atoms with Crippen LogP contribution in [0, 0.1) is 5.82 Å². The van der Waals surface area contributed by atoms with Crippen LogP contribution in [0.4, 0.5) is 4.39 Å². The van der Waals surface area contributed by atoms with Crippen molar-refractivity contribution in [1.82, 2.24) is 9.80 Å². The number of hydrogen-bond donors (Lipinski definition) is 0. The van der Waals surface area contributed by atoms with Crippen molar-refractivity contribution in [2.24, 2.45) is 0 Å². The maximum Gasteiger partial charge on any atom is 0.222 e. The molecule has 1 saturated heterocycles. The second kappa shape index (κ2) is 9.55. The number of halogens is 1. The van der Waals surface area contributed by atoms with Gasteiger partial charge in [0.1, 0.15) is 5.75 Å². The first-order chi connectivity index (χ1) is 13.6. The van der Waals surface area contributed by atoms with Crippen molar-refractivity contribution < 1.29 is 18.7 Å². The summed E-state index contributed by atoms with van der Waals surface area (Å²) < 4.78 is 23.9. The van der Waals surface area contributed by atoms with Crippen molar-refractivity contribution in [3.8, 4) is 11.5 Å². The Morgan fingerprint density at radius 2 is 1.64 bits per heavy atom. The lowest BCUT2D eigenvalue weighted by molar-refractivity contribution is -0.133. The minimum absolute atomic E-state index is 0.186. The van der Waals surface area contributed by atoms with Crippen LogP contribution in [0.3, 0.4) is 0 Å². The standard InChI is InChI=1S/C22H27FN2O3/c1-27-19-7-3-17(4-8-19)6-10-22(26)25-13-11-24(12-14-25)16-18-5-9-21(28-2)20(23)15-18/h3-5,7-9,15H,6,10-14,16H2,1-2H3. The smallest absolute Gasteiger partial charge is 0.222 e. The van der Waals surface area contributed by atoms with Crippen LogP contribution in [-0.4, -0.2) is 56.1 Å². The van der Waals surface area contributed by atoms with Gasteiger partial charge >= 0.3 is 0 Å². The van der Waals surface area contributed by atoms with Gasteiger partial charge in [-0.15, -0.1) is 0 Å². The van der Waals surface area contributed by atoms with E-state index in [1.807, 2.05) is 35.2 Å². The Morgan fingerprint density at radius 1 is 0.964 bits per heavy atom. The molecule has 0 unspecified atom stereocenters. The summed E-state index contributed by atoms with van der Waals surface area (Å²) in [4.78, 5) is 16.7. The fraction of sp³-hybridized carbons (Fsp3) is 0.409. The Kier molecular flexibility index (Phi) is 6.87. The normalized spacial score (nSPS) is 14.8. The van der Waals surface area contributed by atoms with Crippen molar-refractivity contribution in [1.29, 1.82) is 0 Å². The van der Waals surface area contributed by atoms with Gasteiger partial charge in [0.15, 0.2) is 11.6 Å². The van der Waals surface area contributed by atoms with E-state index in [0.717, 1.165) is 36.4 Å². The van der Waals surface area contributed by atoms with E-state index in [9.17, 15) is 9.18 Å². The van der Waals surface area contributed by atoms with Crippen LogP contribution in [0.1, 0.15) is 17.5 Å². The molecule has 0 bridgehead atoms. The average Bonchev–Trinajstić information content (AvgIpc) is 2.73. The molecule has 1 fully saturated rings. The van der Waals surface area contributed by atoms with Crippen molar-refractivity contribution in [2.75, 3.05) is 40.4 Å². The van der Waals surface area contributed by atoms with Crippen molar-refractivity contribution in [3.63, 3.8) is 0 Å². The zero-order valence-electron chi connectivity index (χ0n) is 16.5. The lowest BCUT2D eigenvalue weighted by atomic mass is 10.1. The molecule has 0 N–H and O–H groups in total. The molecule has 6 heteroatoms. The highest BCUT2D eigenvalue weighted by molar-refractivity contribution is 5.76. The van der Waals surface area contributed by atoms with E-state index < -0.39 is 0 Å². The second-order valence-corrected chi connectivity index (χ2v) is 6.97. The molecular formula is C22H27FN2O3. The SMILES string of the molecule is COc1ccc(CCC(=O)N2CCN(Cc3ccc(OC)c(F)c3)CC2)cc1. The van der Waals surface area contributed by atoms with Crippen LogP contribution in [0.5, 0.6) is 11.5 Å². The number of carbonyl (C=O) groups excluding carboxylic acids is 1. The van der Waals surface area contributed by atoms with Gasteiger partial charge in [0, 0.05) is 39.1 Å². The summed E-state index contributed by atoms with van der Waals surface area (Å²) in [6.07, 6.45) is 1.24. The molecule has 0 aromatic heterocycles. The minimum atomic E-state index is -0.340. The summed E-state index contributed by atoms with van der Waals surface area (Å²) in [6, 6.07) is 12.9. The molecule has 0 radical (unpaired) electrons. The molecular weight excluding hydrogens is 359 g/mol. The lowest BCUT2D eigenvalue weighted by Gasteiger charge is -2.35. The third-order valence-electron chi connectivity index (χ3n) is 5.13. The maximum absolute atomic E-state index is 13.8. The molecule has 0 aliphatic carbocycles. The van der Waals surface area contributed by atoms with Gasteiger partial charge < -0.3 is 14.4 Å². The molecule has 5 nitrogen and oxygen atoms in total. The first kappa shape index (κ1) is 20.1. The highest BCUT2D eigenvalue weighted by Gasteiger charge is 2.21. The third-order valence-corrected chi connectivity index (χ3v) is 5.13. The van der Waals surface area contributed by atoms with Gasteiger partial charge in [-0.2, -0.15) is 0 Å². The van der Waals surface area contributed by atoms with Gasteiger partial charge in [-0.3, -0.25) is 9.69 Å². The third kappa shape index (κ3) is 5.23. The first-order valence-electron chi connectivity index (χ1n) is 9.54. The fourth-order valence-corrected chi connectivity index (χ4v) is 3.42. The zero-order valence-corrected chi connectivity index (χ0v) is 16.5. The molecule has 150 valence electrons. The second-order valence-electron chi connectivity index (χ2n) is 6.97. The lowest BCUT2D eigenvalue weighted by Crippen LogP contribution is -2.48. The monoisotopic (exact) mass is 386 g/mol. The van der Waals surface area contributed by atoms with Crippen LogP contribution in [0.2, 0.25) is 0 Å². The molecule has 2 aromatic rings. The van der Waals surface area contributed by atoms with Crippen LogP contribution in [-0.2, 0) is 17.8 Å². The van der Waals surface area contributed by atoms with E-state index in [-0.39, 0.29) is 17.5 Å². The molecule has 2 aromatic carbocycles. The van der Waals surface area contributed by atoms with E-state index in [4.69, 9.17) is 9.47 Å². The highest BCUT2D eigenvalue weighted by Crippen LogP contribution is 2.19. The van der Waals surface area contributed by atoms with Gasteiger partial charge in [-0.1, -0.05) is 18.2 Å². The van der Waals surface area contributed by atoms with Crippen molar-refractivity contribution in [2.45, 2.75) is 19.4 Å². The largest absolute Gasteiger partial charge is 0.497 e.